The largest absolute Gasteiger partial charge is 0.480 e. The summed E-state index contributed by atoms with van der Waals surface area (Å²) >= 11 is 0. The number of rotatable bonds is 13. The fraction of sp³-hybridized carbons (Fsp3) is 0.722. The Hall–Kier alpha value is -2.93. The summed E-state index contributed by atoms with van der Waals surface area (Å²) in [6.07, 6.45) is -0.819. The minimum atomic E-state index is -1.54. The first-order chi connectivity index (χ1) is 14.3. The number of amides is 3. The molecule has 0 aromatic rings. The van der Waals surface area contributed by atoms with E-state index in [0.717, 1.165) is 0 Å². The van der Waals surface area contributed by atoms with Gasteiger partial charge in [-0.3, -0.25) is 19.4 Å². The van der Waals surface area contributed by atoms with Crippen molar-refractivity contribution in [1.29, 1.82) is 0 Å². The van der Waals surface area contributed by atoms with Gasteiger partial charge in [0.15, 0.2) is 12.0 Å². The van der Waals surface area contributed by atoms with E-state index in [4.69, 9.17) is 22.3 Å². The maximum absolute atomic E-state index is 12.7. The van der Waals surface area contributed by atoms with Crippen LogP contribution in [0.5, 0.6) is 0 Å². The van der Waals surface area contributed by atoms with E-state index in [1.54, 1.807) is 13.8 Å². The molecule has 0 spiro atoms. The van der Waals surface area contributed by atoms with Crippen molar-refractivity contribution in [1.82, 2.24) is 16.0 Å². The molecule has 0 saturated heterocycles. The van der Waals surface area contributed by atoms with Crippen molar-refractivity contribution in [2.75, 3.05) is 6.54 Å². The minimum absolute atomic E-state index is 0.108. The van der Waals surface area contributed by atoms with Gasteiger partial charge in [0.05, 0.1) is 12.1 Å². The third-order valence-corrected chi connectivity index (χ3v) is 4.40. The molecule has 0 radical (unpaired) electrons. The normalized spacial score (nSPS) is 15.7. The molecule has 0 aliphatic rings. The van der Waals surface area contributed by atoms with Crippen LogP contribution in [0, 0.1) is 5.92 Å². The van der Waals surface area contributed by atoms with Crippen molar-refractivity contribution in [3.05, 3.63) is 0 Å². The standard InChI is InChI=1S/C18H35N7O6/c1-8(2)12(19)16(29)24-11(6-5-7-22-18(20)21)15(28)23-9(3)14(27)25-13(10(4)26)17(30)31/h8-13,26H,5-7,19H2,1-4H3,(H,23,28)(H,24,29)(H,25,27)(H,30,31)(H4,20,21,22). The van der Waals surface area contributed by atoms with Crippen LogP contribution in [-0.2, 0) is 19.2 Å². The Morgan fingerprint density at radius 3 is 1.97 bits per heavy atom. The van der Waals surface area contributed by atoms with Gasteiger partial charge < -0.3 is 43.4 Å². The van der Waals surface area contributed by atoms with Gasteiger partial charge in [-0.15, -0.1) is 0 Å². The number of carbonyl (C=O) groups is 4. The molecule has 0 saturated carbocycles. The molecule has 0 aliphatic carbocycles. The quantitative estimate of drug-likeness (QED) is 0.0815. The Morgan fingerprint density at radius 1 is 0.935 bits per heavy atom. The molecule has 31 heavy (non-hydrogen) atoms. The summed E-state index contributed by atoms with van der Waals surface area (Å²) in [7, 11) is 0. The fourth-order valence-electron chi connectivity index (χ4n) is 2.39. The monoisotopic (exact) mass is 445 g/mol. The van der Waals surface area contributed by atoms with E-state index in [2.05, 4.69) is 20.9 Å². The molecule has 13 nitrogen and oxygen atoms in total. The van der Waals surface area contributed by atoms with Gasteiger partial charge in [0.1, 0.15) is 12.1 Å². The molecule has 0 aromatic carbocycles. The molecule has 0 heterocycles. The Kier molecular flexibility index (Phi) is 12.1. The second kappa shape index (κ2) is 13.4. The smallest absolute Gasteiger partial charge is 0.328 e. The van der Waals surface area contributed by atoms with Crippen LogP contribution in [0.15, 0.2) is 4.99 Å². The Balaban J connectivity index is 5.17. The SMILES string of the molecule is CC(NC(=O)C(CCCN=C(N)N)NC(=O)C(N)C(C)C)C(=O)NC(C(=O)O)C(C)O. The van der Waals surface area contributed by atoms with E-state index in [1.807, 2.05) is 0 Å². The first kappa shape index (κ1) is 28.1. The highest BCUT2D eigenvalue weighted by Crippen LogP contribution is 2.04. The highest BCUT2D eigenvalue weighted by Gasteiger charge is 2.30. The van der Waals surface area contributed by atoms with Crippen molar-refractivity contribution in [3.63, 3.8) is 0 Å². The summed E-state index contributed by atoms with van der Waals surface area (Å²) in [6, 6.07) is -4.53. The molecule has 5 atom stereocenters. The van der Waals surface area contributed by atoms with Crippen LogP contribution in [0.2, 0.25) is 0 Å². The number of nitrogens with one attached hydrogen (secondary N) is 3. The van der Waals surface area contributed by atoms with Crippen molar-refractivity contribution in [2.45, 2.75) is 70.8 Å². The van der Waals surface area contributed by atoms with Gasteiger partial charge in [-0.25, -0.2) is 4.79 Å². The number of aliphatic carboxylic acids is 1. The van der Waals surface area contributed by atoms with Crippen LogP contribution in [0.3, 0.4) is 0 Å². The molecule has 0 fully saturated rings. The van der Waals surface area contributed by atoms with E-state index in [9.17, 15) is 24.3 Å². The van der Waals surface area contributed by atoms with Crippen LogP contribution >= 0.6 is 0 Å². The van der Waals surface area contributed by atoms with Gasteiger partial charge in [0.25, 0.3) is 0 Å². The molecule has 0 aromatic heterocycles. The predicted molar refractivity (Wildman–Crippen MR) is 114 cm³/mol. The average Bonchev–Trinajstić information content (AvgIpc) is 2.66. The summed E-state index contributed by atoms with van der Waals surface area (Å²) < 4.78 is 0. The topological polar surface area (TPSA) is 235 Å². The molecule has 0 aliphatic heterocycles. The first-order valence-electron chi connectivity index (χ1n) is 9.90. The molecule has 0 rings (SSSR count). The number of aliphatic imine (C=N–C) groups is 1. The van der Waals surface area contributed by atoms with Gasteiger partial charge in [-0.1, -0.05) is 13.8 Å². The lowest BCUT2D eigenvalue weighted by atomic mass is 10.0. The summed E-state index contributed by atoms with van der Waals surface area (Å²) in [4.78, 5) is 52.1. The summed E-state index contributed by atoms with van der Waals surface area (Å²) in [5.74, 6) is -3.71. The number of aliphatic hydroxyl groups is 1. The molecule has 11 N–H and O–H groups in total. The molecular weight excluding hydrogens is 410 g/mol. The molecule has 0 bridgehead atoms. The Morgan fingerprint density at radius 2 is 1.52 bits per heavy atom. The van der Waals surface area contributed by atoms with Crippen LogP contribution in [0.1, 0.15) is 40.5 Å². The first-order valence-corrected chi connectivity index (χ1v) is 9.90. The number of carbonyl (C=O) groups excluding carboxylic acids is 3. The maximum atomic E-state index is 12.7. The Labute approximate surface area is 181 Å². The summed E-state index contributed by atoms with van der Waals surface area (Å²) in [6.45, 7) is 6.29. The third kappa shape index (κ3) is 10.6. The number of hydrogen-bond acceptors (Lipinski definition) is 7. The second-order valence-electron chi connectivity index (χ2n) is 7.58. The maximum Gasteiger partial charge on any atom is 0.328 e. The minimum Gasteiger partial charge on any atom is -0.480 e. The highest BCUT2D eigenvalue weighted by molar-refractivity contribution is 5.94. The lowest BCUT2D eigenvalue weighted by molar-refractivity contribution is -0.145. The van der Waals surface area contributed by atoms with Gasteiger partial charge in [-0.2, -0.15) is 0 Å². The summed E-state index contributed by atoms with van der Waals surface area (Å²) in [5.41, 5.74) is 16.3. The van der Waals surface area contributed by atoms with Crippen molar-refractivity contribution < 1.29 is 29.4 Å². The lowest BCUT2D eigenvalue weighted by Crippen LogP contribution is -2.57. The zero-order chi connectivity index (χ0) is 24.3. The van der Waals surface area contributed by atoms with E-state index < -0.39 is 54.0 Å². The number of nitrogens with zero attached hydrogens (tertiary/aromatic N) is 1. The third-order valence-electron chi connectivity index (χ3n) is 4.40. The van der Waals surface area contributed by atoms with E-state index in [-0.39, 0.29) is 24.8 Å². The van der Waals surface area contributed by atoms with Gasteiger partial charge in [0.2, 0.25) is 17.7 Å². The van der Waals surface area contributed by atoms with E-state index >= 15 is 0 Å². The molecule has 178 valence electrons. The zero-order valence-corrected chi connectivity index (χ0v) is 18.3. The summed E-state index contributed by atoms with van der Waals surface area (Å²) in [5, 5.41) is 25.6. The van der Waals surface area contributed by atoms with E-state index in [1.165, 1.54) is 13.8 Å². The van der Waals surface area contributed by atoms with Crippen LogP contribution in [0.4, 0.5) is 0 Å². The van der Waals surface area contributed by atoms with Gasteiger partial charge >= 0.3 is 5.97 Å². The molecule has 13 heteroatoms. The number of carboxylic acid groups (broad SMARTS) is 1. The van der Waals surface area contributed by atoms with Crippen molar-refractivity contribution >= 4 is 29.7 Å². The number of guanidine groups is 1. The lowest BCUT2D eigenvalue weighted by Gasteiger charge is -2.24. The predicted octanol–water partition coefficient (Wildman–Crippen LogP) is -3.04. The van der Waals surface area contributed by atoms with Crippen molar-refractivity contribution in [2.24, 2.45) is 28.1 Å². The molecule has 3 amide bonds. The van der Waals surface area contributed by atoms with Crippen molar-refractivity contribution in [3.8, 4) is 0 Å². The number of aliphatic hydroxyl groups excluding tert-OH is 1. The number of nitrogens with two attached hydrogens (primary N) is 3. The second-order valence-corrected chi connectivity index (χ2v) is 7.58. The van der Waals surface area contributed by atoms with Crippen LogP contribution in [-0.4, -0.2) is 76.7 Å². The van der Waals surface area contributed by atoms with Crippen LogP contribution in [0.25, 0.3) is 0 Å². The molecular formula is C18H35N7O6. The number of hydrogen-bond donors (Lipinski definition) is 8. The van der Waals surface area contributed by atoms with E-state index in [0.29, 0.717) is 6.42 Å². The van der Waals surface area contributed by atoms with Gasteiger partial charge in [0, 0.05) is 6.54 Å². The number of carboxylic acids is 1. The average molecular weight is 446 g/mol. The molecule has 5 unspecified atom stereocenters. The fourth-order valence-corrected chi connectivity index (χ4v) is 2.39. The Bertz CT molecular complexity index is 664. The zero-order valence-electron chi connectivity index (χ0n) is 18.3. The van der Waals surface area contributed by atoms with Crippen LogP contribution < -0.4 is 33.2 Å². The highest BCUT2D eigenvalue weighted by atomic mass is 16.4. The van der Waals surface area contributed by atoms with Gasteiger partial charge in [-0.05, 0) is 32.6 Å².